The van der Waals surface area contributed by atoms with Gasteiger partial charge in [0.2, 0.25) is 17.7 Å². The third-order valence-electron chi connectivity index (χ3n) is 7.76. The molecule has 6 atom stereocenters. The lowest BCUT2D eigenvalue weighted by atomic mass is 9.84. The van der Waals surface area contributed by atoms with Crippen molar-refractivity contribution in [2.45, 2.75) is 129 Å². The number of unbranched alkanes of at least 4 members (excludes halogenated alkanes) is 1. The monoisotopic (exact) mass is 493 g/mol. The largest absolute Gasteiger partial charge is 0.460 e. The van der Waals surface area contributed by atoms with E-state index in [-0.39, 0.29) is 30.1 Å². The first-order valence-electron chi connectivity index (χ1n) is 13.8. The highest BCUT2D eigenvalue weighted by molar-refractivity contribution is 5.93. The first-order chi connectivity index (χ1) is 16.7. The minimum atomic E-state index is -0.840. The third-order valence-corrected chi connectivity index (χ3v) is 7.76. The van der Waals surface area contributed by atoms with Gasteiger partial charge in [0.25, 0.3) is 0 Å². The van der Waals surface area contributed by atoms with Gasteiger partial charge < -0.3 is 20.7 Å². The van der Waals surface area contributed by atoms with Gasteiger partial charge in [-0.2, -0.15) is 0 Å². The summed E-state index contributed by atoms with van der Waals surface area (Å²) in [7, 11) is 0. The van der Waals surface area contributed by atoms with Gasteiger partial charge in [-0.25, -0.2) is 4.79 Å². The van der Waals surface area contributed by atoms with E-state index in [1.165, 1.54) is 6.42 Å². The van der Waals surface area contributed by atoms with Gasteiger partial charge in [-0.15, -0.1) is 0 Å². The van der Waals surface area contributed by atoms with E-state index in [1.54, 1.807) is 6.92 Å². The molecule has 3 amide bonds. The molecular formula is C27H47N3O5. The molecule has 1 aliphatic heterocycles. The van der Waals surface area contributed by atoms with E-state index in [4.69, 9.17) is 4.74 Å². The second-order valence-corrected chi connectivity index (χ2v) is 10.8. The zero-order chi connectivity index (χ0) is 26.0. The maximum atomic E-state index is 13.2. The first kappa shape index (κ1) is 29.1. The fraction of sp³-hybridized carbons (Fsp3) is 0.852. The van der Waals surface area contributed by atoms with E-state index in [9.17, 15) is 19.2 Å². The van der Waals surface area contributed by atoms with Gasteiger partial charge in [0.1, 0.15) is 24.2 Å². The average Bonchev–Trinajstić information content (AvgIpc) is 2.84. The fourth-order valence-electron chi connectivity index (χ4n) is 5.04. The molecule has 8 nitrogen and oxygen atoms in total. The molecule has 1 saturated carbocycles. The number of amides is 3. The summed E-state index contributed by atoms with van der Waals surface area (Å²) in [6.07, 6.45) is 8.96. The Morgan fingerprint density at radius 1 is 0.914 bits per heavy atom. The molecule has 2 aliphatic rings. The van der Waals surface area contributed by atoms with Crippen molar-refractivity contribution >= 4 is 23.7 Å². The molecule has 0 radical (unpaired) electrons. The Balaban J connectivity index is 2.31. The van der Waals surface area contributed by atoms with Crippen LogP contribution in [-0.4, -0.2) is 47.9 Å². The summed E-state index contributed by atoms with van der Waals surface area (Å²) < 4.78 is 5.90. The molecule has 2 rings (SSSR count). The van der Waals surface area contributed by atoms with Gasteiger partial charge in [-0.05, 0) is 37.5 Å². The summed E-state index contributed by atoms with van der Waals surface area (Å²) in [5, 5.41) is 8.48. The molecule has 8 heteroatoms. The number of cyclic esters (lactones) is 1. The number of rotatable bonds is 8. The smallest absolute Gasteiger partial charge is 0.329 e. The molecule has 0 bridgehead atoms. The van der Waals surface area contributed by atoms with Crippen LogP contribution in [0.15, 0.2) is 0 Å². The molecule has 1 saturated heterocycles. The van der Waals surface area contributed by atoms with Crippen LogP contribution in [0.4, 0.5) is 0 Å². The summed E-state index contributed by atoms with van der Waals surface area (Å²) in [5.74, 6) is -1.41. The van der Waals surface area contributed by atoms with Gasteiger partial charge in [0.15, 0.2) is 0 Å². The van der Waals surface area contributed by atoms with Gasteiger partial charge in [0, 0.05) is 0 Å². The van der Waals surface area contributed by atoms with Crippen LogP contribution in [-0.2, 0) is 23.9 Å². The number of ether oxygens (including phenoxy) is 1. The van der Waals surface area contributed by atoms with E-state index in [0.717, 1.165) is 44.9 Å². The highest BCUT2D eigenvalue weighted by Gasteiger charge is 2.35. The van der Waals surface area contributed by atoms with Crippen LogP contribution in [0.1, 0.15) is 105 Å². The molecule has 35 heavy (non-hydrogen) atoms. The van der Waals surface area contributed by atoms with Crippen LogP contribution in [0.25, 0.3) is 0 Å². The number of carbonyl (C=O) groups is 4. The molecule has 200 valence electrons. The second-order valence-electron chi connectivity index (χ2n) is 10.8. The molecular weight excluding hydrogens is 446 g/mol. The van der Waals surface area contributed by atoms with E-state index < -0.39 is 36.1 Å². The minimum Gasteiger partial charge on any atom is -0.460 e. The van der Waals surface area contributed by atoms with Crippen molar-refractivity contribution in [2.75, 3.05) is 0 Å². The van der Waals surface area contributed by atoms with E-state index in [0.29, 0.717) is 18.8 Å². The molecule has 3 N–H and O–H groups in total. The van der Waals surface area contributed by atoms with Crippen molar-refractivity contribution in [3.63, 3.8) is 0 Å². The van der Waals surface area contributed by atoms with E-state index >= 15 is 0 Å². The van der Waals surface area contributed by atoms with Gasteiger partial charge in [0.05, 0.1) is 6.42 Å². The first-order valence-corrected chi connectivity index (χ1v) is 13.8. The Hall–Kier alpha value is -2.12. The molecule has 0 aromatic rings. The van der Waals surface area contributed by atoms with Crippen LogP contribution < -0.4 is 16.0 Å². The Morgan fingerprint density at radius 2 is 1.60 bits per heavy atom. The van der Waals surface area contributed by atoms with Crippen LogP contribution in [0.3, 0.4) is 0 Å². The van der Waals surface area contributed by atoms with Crippen molar-refractivity contribution in [1.29, 1.82) is 0 Å². The van der Waals surface area contributed by atoms with Crippen LogP contribution in [0.5, 0.6) is 0 Å². The Bertz CT molecular complexity index is 722. The Labute approximate surface area is 211 Å². The lowest BCUT2D eigenvalue weighted by Crippen LogP contribution is -2.55. The second kappa shape index (κ2) is 14.4. The van der Waals surface area contributed by atoms with Crippen LogP contribution in [0.2, 0.25) is 0 Å². The molecule has 1 heterocycles. The van der Waals surface area contributed by atoms with Crippen molar-refractivity contribution in [3.8, 4) is 0 Å². The number of esters is 1. The molecule has 0 spiro atoms. The quantitative estimate of drug-likeness (QED) is 0.447. The van der Waals surface area contributed by atoms with Gasteiger partial charge in [-0.3, -0.25) is 14.4 Å². The standard InChI is InChI=1S/C27H47N3O5/c1-6-8-12-18(4)22-16-23(31)29-21(15-20-13-10-9-11-14-20)26(33)28-19(5)25(32)30-24(17(3)7-2)27(34)35-22/h17-22,24H,6-16H2,1-5H3,(H,28,33)(H,29,31)(H,30,32)/t17-,18-,19-,21-,22-,24+/m0/s1. The summed E-state index contributed by atoms with van der Waals surface area (Å²) in [6.45, 7) is 9.52. The molecule has 0 aromatic heterocycles. The van der Waals surface area contributed by atoms with Crippen LogP contribution >= 0.6 is 0 Å². The zero-order valence-corrected chi connectivity index (χ0v) is 22.4. The number of nitrogens with one attached hydrogen (secondary N) is 3. The Kier molecular flexibility index (Phi) is 12.0. The maximum absolute atomic E-state index is 13.2. The molecule has 1 aliphatic carbocycles. The third kappa shape index (κ3) is 9.12. The summed E-state index contributed by atoms with van der Waals surface area (Å²) in [5.41, 5.74) is 0. The van der Waals surface area contributed by atoms with Gasteiger partial charge >= 0.3 is 5.97 Å². The SMILES string of the molecule is CCCC[C@H](C)[C@@H]1CC(=O)N[C@@H](CC2CCCCC2)C(=O)N[C@@H](C)C(=O)N[C@H]([C@@H](C)CC)C(=O)O1. The highest BCUT2D eigenvalue weighted by atomic mass is 16.5. The minimum absolute atomic E-state index is 0.00178. The number of carbonyl (C=O) groups excluding carboxylic acids is 4. The lowest BCUT2D eigenvalue weighted by molar-refractivity contribution is -0.158. The van der Waals surface area contributed by atoms with Crippen molar-refractivity contribution in [3.05, 3.63) is 0 Å². The van der Waals surface area contributed by atoms with Crippen molar-refractivity contribution in [2.24, 2.45) is 17.8 Å². The summed E-state index contributed by atoms with van der Waals surface area (Å²) in [4.78, 5) is 52.4. The van der Waals surface area contributed by atoms with Gasteiger partial charge in [-0.1, -0.05) is 79.1 Å². The maximum Gasteiger partial charge on any atom is 0.329 e. The van der Waals surface area contributed by atoms with E-state index in [2.05, 4.69) is 22.9 Å². The average molecular weight is 494 g/mol. The normalized spacial score (nSPS) is 29.4. The topological polar surface area (TPSA) is 114 Å². The lowest BCUT2D eigenvalue weighted by Gasteiger charge is -2.29. The van der Waals surface area contributed by atoms with Crippen molar-refractivity contribution < 1.29 is 23.9 Å². The highest BCUT2D eigenvalue weighted by Crippen LogP contribution is 2.28. The molecule has 0 unspecified atom stereocenters. The Morgan fingerprint density at radius 3 is 2.23 bits per heavy atom. The van der Waals surface area contributed by atoms with Crippen molar-refractivity contribution in [1.82, 2.24) is 16.0 Å². The summed E-state index contributed by atoms with van der Waals surface area (Å²) >= 11 is 0. The molecule has 2 fully saturated rings. The molecule has 0 aromatic carbocycles. The van der Waals surface area contributed by atoms with Crippen LogP contribution in [0, 0.1) is 17.8 Å². The zero-order valence-electron chi connectivity index (χ0n) is 22.4. The number of hydrogen-bond acceptors (Lipinski definition) is 5. The van der Waals surface area contributed by atoms with E-state index in [1.807, 2.05) is 20.8 Å². The fourth-order valence-corrected chi connectivity index (χ4v) is 5.04. The predicted octanol–water partition coefficient (Wildman–Crippen LogP) is 3.62. The predicted molar refractivity (Wildman–Crippen MR) is 135 cm³/mol. The number of hydrogen-bond donors (Lipinski definition) is 3. The summed E-state index contributed by atoms with van der Waals surface area (Å²) in [6, 6.07) is -2.39.